The van der Waals surface area contributed by atoms with Gasteiger partial charge in [0, 0.05) is 37.4 Å². The molecule has 0 amide bonds. The van der Waals surface area contributed by atoms with Gasteiger partial charge in [0.15, 0.2) is 11.4 Å². The minimum Gasteiger partial charge on any atom is -0.368 e. The number of nitrogens with zero attached hydrogens (tertiary/aromatic N) is 5. The summed E-state index contributed by atoms with van der Waals surface area (Å²) < 4.78 is 0.736. The molecule has 4 rings (SSSR count). The fourth-order valence-electron chi connectivity index (χ4n) is 3.13. The summed E-state index contributed by atoms with van der Waals surface area (Å²) in [6.07, 6.45) is 1.56. The van der Waals surface area contributed by atoms with E-state index in [0.717, 1.165) is 58.9 Å². The van der Waals surface area contributed by atoms with E-state index in [9.17, 15) is 4.79 Å². The van der Waals surface area contributed by atoms with Gasteiger partial charge in [0.2, 0.25) is 0 Å². The first-order chi connectivity index (χ1) is 12.1. The van der Waals surface area contributed by atoms with Crippen LogP contribution in [0, 0.1) is 0 Å². The third-order valence-corrected chi connectivity index (χ3v) is 5.09. The largest absolute Gasteiger partial charge is 0.368 e. The number of hydrogen-bond donors (Lipinski definition) is 1. The normalized spacial score (nSPS) is 15.0. The molecule has 0 radical (unpaired) electrons. The standard InChI is InChI=1S/C17H17BrN6O/c1-11(25)12-2-4-13(5-3-12)23-6-8-24(9-7-23)17-14-15(18)21-22-16(14)19-10-20-17/h2-5,10H,6-9H2,1H3,(H,19,20,21,22). The number of hydrogen-bond acceptors (Lipinski definition) is 6. The van der Waals surface area contributed by atoms with Gasteiger partial charge in [-0.2, -0.15) is 5.10 Å². The van der Waals surface area contributed by atoms with E-state index in [0.29, 0.717) is 0 Å². The van der Waals surface area contributed by atoms with Crippen molar-refractivity contribution in [2.24, 2.45) is 0 Å². The Morgan fingerprint density at radius 2 is 1.76 bits per heavy atom. The third kappa shape index (κ3) is 2.97. The second-order valence-corrected chi connectivity index (χ2v) is 6.76. The number of carbonyl (C=O) groups is 1. The summed E-state index contributed by atoms with van der Waals surface area (Å²) in [6, 6.07) is 7.81. The highest BCUT2D eigenvalue weighted by Gasteiger charge is 2.22. The molecule has 1 saturated heterocycles. The number of aromatic amines is 1. The van der Waals surface area contributed by atoms with Gasteiger partial charge in [-0.15, -0.1) is 0 Å². The summed E-state index contributed by atoms with van der Waals surface area (Å²) in [4.78, 5) is 24.7. The lowest BCUT2D eigenvalue weighted by atomic mass is 10.1. The molecule has 7 nitrogen and oxygen atoms in total. The predicted molar refractivity (Wildman–Crippen MR) is 100 cm³/mol. The van der Waals surface area contributed by atoms with Gasteiger partial charge in [-0.05, 0) is 47.1 Å². The fourth-order valence-corrected chi connectivity index (χ4v) is 3.59. The number of anilines is 2. The maximum atomic E-state index is 11.4. The van der Waals surface area contributed by atoms with Crippen LogP contribution in [0.15, 0.2) is 35.2 Å². The van der Waals surface area contributed by atoms with Gasteiger partial charge in [-0.25, -0.2) is 9.97 Å². The molecule has 1 aliphatic rings. The summed E-state index contributed by atoms with van der Waals surface area (Å²) in [6.45, 7) is 5.08. The van der Waals surface area contributed by atoms with Gasteiger partial charge in [0.25, 0.3) is 0 Å². The Morgan fingerprint density at radius 3 is 2.44 bits per heavy atom. The molecule has 3 heterocycles. The maximum absolute atomic E-state index is 11.4. The minimum absolute atomic E-state index is 0.0924. The van der Waals surface area contributed by atoms with E-state index in [1.165, 1.54) is 0 Å². The minimum atomic E-state index is 0.0924. The van der Waals surface area contributed by atoms with Crippen LogP contribution in [0.25, 0.3) is 11.0 Å². The Morgan fingerprint density at radius 1 is 1.08 bits per heavy atom. The molecule has 1 fully saturated rings. The third-order valence-electron chi connectivity index (χ3n) is 4.51. The van der Waals surface area contributed by atoms with Crippen LogP contribution < -0.4 is 9.80 Å². The Kier molecular flexibility index (Phi) is 4.12. The van der Waals surface area contributed by atoms with Crippen LogP contribution >= 0.6 is 15.9 Å². The van der Waals surface area contributed by atoms with E-state index in [1.807, 2.05) is 24.3 Å². The molecule has 0 bridgehead atoms. The van der Waals surface area contributed by atoms with Crippen molar-refractivity contribution in [3.8, 4) is 0 Å². The summed E-state index contributed by atoms with van der Waals surface area (Å²) in [7, 11) is 0. The van der Waals surface area contributed by atoms with Crippen LogP contribution in [0.5, 0.6) is 0 Å². The van der Waals surface area contributed by atoms with Crippen LogP contribution in [-0.4, -0.2) is 52.1 Å². The molecule has 1 aromatic carbocycles. The smallest absolute Gasteiger partial charge is 0.161 e. The number of H-pyrrole nitrogens is 1. The number of rotatable bonds is 3. The molecular weight excluding hydrogens is 384 g/mol. The van der Waals surface area contributed by atoms with E-state index in [2.05, 4.69) is 45.9 Å². The van der Waals surface area contributed by atoms with Crippen LogP contribution in [0.4, 0.5) is 11.5 Å². The van der Waals surface area contributed by atoms with Gasteiger partial charge in [-0.1, -0.05) is 0 Å². The van der Waals surface area contributed by atoms with Crippen molar-refractivity contribution in [2.75, 3.05) is 36.0 Å². The van der Waals surface area contributed by atoms with Gasteiger partial charge in [0.1, 0.15) is 16.7 Å². The Bertz CT molecular complexity index is 915. The highest BCUT2D eigenvalue weighted by atomic mass is 79.9. The fraction of sp³-hybridized carbons (Fsp3) is 0.294. The summed E-state index contributed by atoms with van der Waals surface area (Å²) in [5.74, 6) is 0.993. The average Bonchev–Trinajstić information content (AvgIpc) is 3.03. The molecule has 0 aliphatic carbocycles. The molecular formula is C17H17BrN6O. The number of nitrogens with one attached hydrogen (secondary N) is 1. The quantitative estimate of drug-likeness (QED) is 0.680. The number of fused-ring (bicyclic) bond motifs is 1. The van der Waals surface area contributed by atoms with Crippen molar-refractivity contribution in [3.05, 3.63) is 40.8 Å². The van der Waals surface area contributed by atoms with Gasteiger partial charge >= 0.3 is 0 Å². The van der Waals surface area contributed by atoms with Crippen LogP contribution in [0.2, 0.25) is 0 Å². The van der Waals surface area contributed by atoms with Gasteiger partial charge < -0.3 is 9.80 Å². The first kappa shape index (κ1) is 16.0. The first-order valence-corrected chi connectivity index (χ1v) is 8.88. The number of halogens is 1. The Hall–Kier alpha value is -2.48. The lowest BCUT2D eigenvalue weighted by Crippen LogP contribution is -2.46. The summed E-state index contributed by atoms with van der Waals surface area (Å²) >= 11 is 3.46. The molecule has 0 spiro atoms. The topological polar surface area (TPSA) is 78.0 Å². The lowest BCUT2D eigenvalue weighted by Gasteiger charge is -2.36. The molecule has 25 heavy (non-hydrogen) atoms. The van der Waals surface area contributed by atoms with Crippen molar-refractivity contribution >= 4 is 44.3 Å². The van der Waals surface area contributed by atoms with Crippen LogP contribution in [0.1, 0.15) is 17.3 Å². The second-order valence-electron chi connectivity index (χ2n) is 6.01. The zero-order valence-corrected chi connectivity index (χ0v) is 15.3. The number of ketones is 1. The summed E-state index contributed by atoms with van der Waals surface area (Å²) in [5.41, 5.74) is 2.62. The van der Waals surface area contributed by atoms with Crippen molar-refractivity contribution in [1.29, 1.82) is 0 Å². The Labute approximate surface area is 153 Å². The number of piperazine rings is 1. The molecule has 1 aliphatic heterocycles. The predicted octanol–water partition coefficient (Wildman–Crippen LogP) is 2.64. The first-order valence-electron chi connectivity index (χ1n) is 8.09. The molecule has 3 aromatic rings. The molecule has 0 saturated carbocycles. The van der Waals surface area contributed by atoms with Crippen molar-refractivity contribution < 1.29 is 4.79 Å². The van der Waals surface area contributed by atoms with E-state index < -0.39 is 0 Å². The van der Waals surface area contributed by atoms with E-state index in [-0.39, 0.29) is 5.78 Å². The van der Waals surface area contributed by atoms with E-state index in [1.54, 1.807) is 13.3 Å². The number of benzene rings is 1. The number of Topliss-reactive ketones (excluding diaryl/α,β-unsaturated/α-hetero) is 1. The second kappa shape index (κ2) is 6.44. The highest BCUT2D eigenvalue weighted by Crippen LogP contribution is 2.29. The monoisotopic (exact) mass is 400 g/mol. The molecule has 0 unspecified atom stereocenters. The van der Waals surface area contributed by atoms with Crippen molar-refractivity contribution in [3.63, 3.8) is 0 Å². The maximum Gasteiger partial charge on any atom is 0.161 e. The van der Waals surface area contributed by atoms with Crippen molar-refractivity contribution in [1.82, 2.24) is 20.2 Å². The zero-order chi connectivity index (χ0) is 17.4. The van der Waals surface area contributed by atoms with Crippen LogP contribution in [-0.2, 0) is 0 Å². The van der Waals surface area contributed by atoms with E-state index in [4.69, 9.17) is 0 Å². The number of aromatic nitrogens is 4. The number of carbonyl (C=O) groups excluding carboxylic acids is 1. The molecule has 8 heteroatoms. The van der Waals surface area contributed by atoms with Gasteiger partial charge in [-0.3, -0.25) is 9.89 Å². The summed E-state index contributed by atoms with van der Waals surface area (Å²) in [5, 5.41) is 7.98. The average molecular weight is 401 g/mol. The van der Waals surface area contributed by atoms with Gasteiger partial charge in [0.05, 0.1) is 5.39 Å². The molecule has 1 N–H and O–H groups in total. The van der Waals surface area contributed by atoms with Crippen molar-refractivity contribution in [2.45, 2.75) is 6.92 Å². The van der Waals surface area contributed by atoms with Crippen LogP contribution in [0.3, 0.4) is 0 Å². The molecule has 0 atom stereocenters. The Balaban J connectivity index is 1.51. The highest BCUT2D eigenvalue weighted by molar-refractivity contribution is 9.10. The molecule has 128 valence electrons. The lowest BCUT2D eigenvalue weighted by molar-refractivity contribution is 0.101. The zero-order valence-electron chi connectivity index (χ0n) is 13.7. The SMILES string of the molecule is CC(=O)c1ccc(N2CCN(c3ncnc4[nH]nc(Br)c34)CC2)cc1. The van der Waals surface area contributed by atoms with E-state index >= 15 is 0 Å². The molecule has 2 aromatic heterocycles.